The minimum absolute atomic E-state index is 0.00249. The number of carbonyl (C=O) groups is 1. The van der Waals surface area contributed by atoms with Gasteiger partial charge in [-0.05, 0) is 39.7 Å². The van der Waals surface area contributed by atoms with Crippen molar-refractivity contribution in [3.05, 3.63) is 20.8 Å². The van der Waals surface area contributed by atoms with E-state index in [1.807, 2.05) is 11.4 Å². The number of carbonyl (C=O) groups excluding carboxylic acids is 1. The van der Waals surface area contributed by atoms with Gasteiger partial charge in [-0.3, -0.25) is 4.79 Å². The van der Waals surface area contributed by atoms with Gasteiger partial charge in [-0.25, -0.2) is 0 Å². The molecule has 0 saturated carbocycles. The third kappa shape index (κ3) is 4.44. The maximum absolute atomic E-state index is 11.7. The molecule has 0 aromatic carbocycles. The summed E-state index contributed by atoms with van der Waals surface area (Å²) in [7, 11) is 0. The Balaban J connectivity index is 2.39. The molecule has 1 N–H and O–H groups in total. The lowest BCUT2D eigenvalue weighted by molar-refractivity contribution is 0.0956. The summed E-state index contributed by atoms with van der Waals surface area (Å²) in [6, 6.07) is 1.87. The Bertz CT molecular complexity index is 354. The fourth-order valence-electron chi connectivity index (χ4n) is 1.33. The van der Waals surface area contributed by atoms with Gasteiger partial charge in [-0.2, -0.15) is 0 Å². The van der Waals surface area contributed by atoms with Crippen molar-refractivity contribution in [1.82, 2.24) is 5.32 Å². The highest BCUT2D eigenvalue weighted by Gasteiger charge is 2.13. The maximum Gasteiger partial charge on any atom is 0.262 e. The summed E-state index contributed by atoms with van der Waals surface area (Å²) in [6.07, 6.45) is 0.910. The lowest BCUT2D eigenvalue weighted by atomic mass is 10.1. The van der Waals surface area contributed by atoms with E-state index in [2.05, 4.69) is 35.1 Å². The lowest BCUT2D eigenvalue weighted by Gasteiger charge is -2.12. The van der Waals surface area contributed by atoms with Crippen LogP contribution in [-0.4, -0.2) is 17.8 Å². The summed E-state index contributed by atoms with van der Waals surface area (Å²) in [4.78, 5) is 12.4. The van der Waals surface area contributed by atoms with Gasteiger partial charge >= 0.3 is 0 Å². The van der Waals surface area contributed by atoms with Crippen LogP contribution < -0.4 is 5.32 Å². The van der Waals surface area contributed by atoms with E-state index in [0.717, 1.165) is 10.9 Å². The second-order valence-electron chi connectivity index (χ2n) is 4.03. The van der Waals surface area contributed by atoms with Crippen molar-refractivity contribution in [1.29, 1.82) is 0 Å². The molecule has 1 aromatic heterocycles. The Morgan fingerprint density at radius 2 is 2.31 bits per heavy atom. The van der Waals surface area contributed by atoms with E-state index in [1.54, 1.807) is 0 Å². The molecule has 2 nitrogen and oxygen atoms in total. The van der Waals surface area contributed by atoms with Crippen LogP contribution in [0.2, 0.25) is 0 Å². The van der Waals surface area contributed by atoms with Crippen molar-refractivity contribution in [3.8, 4) is 0 Å². The van der Waals surface area contributed by atoms with E-state index in [4.69, 9.17) is 11.6 Å². The molecule has 1 unspecified atom stereocenters. The molecule has 90 valence electrons. The second kappa shape index (κ2) is 6.62. The van der Waals surface area contributed by atoms with Gasteiger partial charge in [-0.1, -0.05) is 13.8 Å². The summed E-state index contributed by atoms with van der Waals surface area (Å²) in [5, 5.41) is 4.72. The number of thiophene rings is 1. The normalized spacial score (nSPS) is 12.8. The van der Waals surface area contributed by atoms with E-state index in [0.29, 0.717) is 17.3 Å². The summed E-state index contributed by atoms with van der Waals surface area (Å²) in [5.74, 6) is 0.490. The van der Waals surface area contributed by atoms with Crippen LogP contribution in [0.15, 0.2) is 15.9 Å². The van der Waals surface area contributed by atoms with Gasteiger partial charge in [0.1, 0.15) is 4.88 Å². The summed E-state index contributed by atoms with van der Waals surface area (Å²) >= 11 is 10.9. The molecular formula is C11H15BrClNOS. The van der Waals surface area contributed by atoms with Gasteiger partial charge in [0, 0.05) is 11.0 Å². The van der Waals surface area contributed by atoms with Crippen molar-refractivity contribution >= 4 is 44.8 Å². The van der Waals surface area contributed by atoms with Gasteiger partial charge in [0.25, 0.3) is 5.91 Å². The van der Waals surface area contributed by atoms with E-state index >= 15 is 0 Å². The van der Waals surface area contributed by atoms with E-state index in [1.165, 1.54) is 11.3 Å². The van der Waals surface area contributed by atoms with Gasteiger partial charge in [0.2, 0.25) is 0 Å². The Morgan fingerprint density at radius 1 is 1.62 bits per heavy atom. The average molecular weight is 325 g/mol. The number of hydrogen-bond donors (Lipinski definition) is 1. The quantitative estimate of drug-likeness (QED) is 0.818. The molecule has 1 heterocycles. The molecule has 0 radical (unpaired) electrons. The third-order valence-corrected chi connectivity index (χ3v) is 4.20. The van der Waals surface area contributed by atoms with Crippen molar-refractivity contribution in [2.75, 3.05) is 6.54 Å². The Hall–Kier alpha value is -0.0600. The predicted molar refractivity (Wildman–Crippen MR) is 73.4 cm³/mol. The first-order chi connectivity index (χ1) is 7.50. The van der Waals surface area contributed by atoms with E-state index < -0.39 is 0 Å². The summed E-state index contributed by atoms with van der Waals surface area (Å²) in [5.41, 5.74) is 0. The molecule has 0 bridgehead atoms. The Labute approximate surface area is 114 Å². The van der Waals surface area contributed by atoms with Crippen LogP contribution >= 0.6 is 38.9 Å². The van der Waals surface area contributed by atoms with Crippen molar-refractivity contribution in [2.24, 2.45) is 5.92 Å². The first-order valence-electron chi connectivity index (χ1n) is 5.16. The zero-order chi connectivity index (χ0) is 12.1. The monoisotopic (exact) mass is 323 g/mol. The molecule has 0 fully saturated rings. The Kier molecular flexibility index (Phi) is 5.79. The number of nitrogens with one attached hydrogen (secondary N) is 1. The smallest absolute Gasteiger partial charge is 0.262 e. The molecule has 16 heavy (non-hydrogen) atoms. The van der Waals surface area contributed by atoms with Crippen LogP contribution in [-0.2, 0) is 0 Å². The number of hydrogen-bond acceptors (Lipinski definition) is 2. The highest BCUT2D eigenvalue weighted by molar-refractivity contribution is 9.10. The highest BCUT2D eigenvalue weighted by atomic mass is 79.9. The van der Waals surface area contributed by atoms with Crippen LogP contribution in [0.3, 0.4) is 0 Å². The predicted octanol–water partition coefficient (Wildman–Crippen LogP) is 3.89. The van der Waals surface area contributed by atoms with Crippen molar-refractivity contribution in [3.63, 3.8) is 0 Å². The van der Waals surface area contributed by atoms with Crippen LogP contribution in [0.5, 0.6) is 0 Å². The molecule has 0 aliphatic heterocycles. The third-order valence-electron chi connectivity index (χ3n) is 2.03. The summed E-state index contributed by atoms with van der Waals surface area (Å²) < 4.78 is 0.838. The molecule has 0 spiro atoms. The average Bonchev–Trinajstić information content (AvgIpc) is 2.60. The zero-order valence-corrected chi connectivity index (χ0v) is 12.5. The van der Waals surface area contributed by atoms with Crippen molar-refractivity contribution < 1.29 is 4.79 Å². The number of alkyl halides is 1. The molecular weight excluding hydrogens is 310 g/mol. The molecule has 1 atom stereocenters. The number of amides is 1. The fourth-order valence-corrected chi connectivity index (χ4v) is 3.24. The molecule has 0 aliphatic rings. The molecule has 1 amide bonds. The van der Waals surface area contributed by atoms with Gasteiger partial charge in [0.05, 0.1) is 5.38 Å². The first kappa shape index (κ1) is 14.0. The van der Waals surface area contributed by atoms with Crippen LogP contribution in [0.4, 0.5) is 0 Å². The molecule has 1 aromatic rings. The standard InChI is InChI=1S/C11H15BrClNOS/c1-7(2)5-8(13)6-14-11(15)10-9(12)3-4-16-10/h3-4,7-8H,5-6H2,1-2H3,(H,14,15). The SMILES string of the molecule is CC(C)CC(Cl)CNC(=O)c1sccc1Br. The number of rotatable bonds is 5. The molecule has 5 heteroatoms. The first-order valence-corrected chi connectivity index (χ1v) is 7.27. The topological polar surface area (TPSA) is 29.1 Å². The van der Waals surface area contributed by atoms with Crippen molar-refractivity contribution in [2.45, 2.75) is 25.6 Å². The maximum atomic E-state index is 11.7. The largest absolute Gasteiger partial charge is 0.350 e. The van der Waals surface area contributed by atoms with Gasteiger partial charge in [0.15, 0.2) is 0 Å². The van der Waals surface area contributed by atoms with E-state index in [-0.39, 0.29) is 11.3 Å². The van der Waals surface area contributed by atoms with Gasteiger partial charge in [-0.15, -0.1) is 22.9 Å². The molecule has 0 saturated heterocycles. The molecule has 1 rings (SSSR count). The zero-order valence-electron chi connectivity index (χ0n) is 9.30. The Morgan fingerprint density at radius 3 is 2.81 bits per heavy atom. The molecule has 0 aliphatic carbocycles. The highest BCUT2D eigenvalue weighted by Crippen LogP contribution is 2.22. The van der Waals surface area contributed by atoms with Crippen LogP contribution in [0.1, 0.15) is 29.9 Å². The minimum atomic E-state index is -0.0590. The minimum Gasteiger partial charge on any atom is -0.350 e. The lowest BCUT2D eigenvalue weighted by Crippen LogP contribution is -2.30. The van der Waals surface area contributed by atoms with Gasteiger partial charge < -0.3 is 5.32 Å². The summed E-state index contributed by atoms with van der Waals surface area (Å²) in [6.45, 7) is 4.75. The second-order valence-corrected chi connectivity index (χ2v) is 6.42. The van der Waals surface area contributed by atoms with Crippen LogP contribution in [0, 0.1) is 5.92 Å². The number of halogens is 2. The van der Waals surface area contributed by atoms with Crippen LogP contribution in [0.25, 0.3) is 0 Å². The van der Waals surface area contributed by atoms with E-state index in [9.17, 15) is 4.79 Å². The fraction of sp³-hybridized carbons (Fsp3) is 0.545.